The number of likely N-dealkylation sites (N-methyl/N-ethyl adjacent to an activating group) is 1. The van der Waals surface area contributed by atoms with Crippen LogP contribution in [0.5, 0.6) is 0 Å². The second-order valence-electron chi connectivity index (χ2n) is 5.53. The first-order valence-electron chi connectivity index (χ1n) is 6.97. The van der Waals surface area contributed by atoms with E-state index in [4.69, 9.17) is 0 Å². The smallest absolute Gasteiger partial charge is 0.109 e. The molecule has 1 aliphatic carbocycles. The minimum atomic E-state index is 0.553. The summed E-state index contributed by atoms with van der Waals surface area (Å²) < 4.78 is 0. The van der Waals surface area contributed by atoms with E-state index in [0.717, 1.165) is 13.1 Å². The Morgan fingerprint density at radius 3 is 2.89 bits per heavy atom. The summed E-state index contributed by atoms with van der Waals surface area (Å²) in [4.78, 5) is 6.69. The molecule has 0 spiro atoms. The fraction of sp³-hybridized carbons (Fsp3) is 0.562. The molecular weight excluding hydrogens is 220 g/mol. The molecule has 2 nitrogen and oxygen atoms in total. The number of hydrogen-bond acceptors (Lipinski definition) is 2. The van der Waals surface area contributed by atoms with Crippen molar-refractivity contribution in [3.63, 3.8) is 0 Å². The highest BCUT2D eigenvalue weighted by Gasteiger charge is 2.19. The molecule has 0 aromatic heterocycles. The molecule has 0 saturated carbocycles. The predicted molar refractivity (Wildman–Crippen MR) is 78.6 cm³/mol. The molecule has 18 heavy (non-hydrogen) atoms. The Kier molecular flexibility index (Phi) is 4.05. The zero-order valence-corrected chi connectivity index (χ0v) is 12.0. The maximum atomic E-state index is 4.45. The number of aliphatic imine (C=N–C) groups is 1. The van der Waals surface area contributed by atoms with Crippen LogP contribution >= 0.6 is 0 Å². The third-order valence-electron chi connectivity index (χ3n) is 3.83. The highest BCUT2D eigenvalue weighted by Crippen LogP contribution is 2.29. The Morgan fingerprint density at radius 2 is 2.22 bits per heavy atom. The van der Waals surface area contributed by atoms with Gasteiger partial charge in [-0.15, -0.1) is 0 Å². The van der Waals surface area contributed by atoms with Crippen LogP contribution in [0.1, 0.15) is 33.6 Å². The molecule has 0 bridgehead atoms. The quantitative estimate of drug-likeness (QED) is 0.721. The third-order valence-corrected chi connectivity index (χ3v) is 3.83. The molecule has 2 heteroatoms. The van der Waals surface area contributed by atoms with Gasteiger partial charge in [-0.2, -0.15) is 0 Å². The van der Waals surface area contributed by atoms with Gasteiger partial charge in [0.1, 0.15) is 6.67 Å². The number of rotatable bonds is 2. The van der Waals surface area contributed by atoms with Gasteiger partial charge in [-0.3, -0.25) is 4.99 Å². The van der Waals surface area contributed by atoms with E-state index in [2.05, 4.69) is 62.2 Å². The Labute approximate surface area is 111 Å². The summed E-state index contributed by atoms with van der Waals surface area (Å²) >= 11 is 0. The number of hydrogen-bond donors (Lipinski definition) is 0. The van der Waals surface area contributed by atoms with E-state index in [1.54, 1.807) is 0 Å². The third kappa shape index (κ3) is 2.58. The largest absolute Gasteiger partial charge is 0.355 e. The second kappa shape index (κ2) is 5.55. The van der Waals surface area contributed by atoms with Gasteiger partial charge in [-0.05, 0) is 36.3 Å². The van der Waals surface area contributed by atoms with Crippen LogP contribution in [0, 0.1) is 11.8 Å². The van der Waals surface area contributed by atoms with E-state index in [1.807, 2.05) is 0 Å². The molecular formula is C16H24N2. The lowest BCUT2D eigenvalue weighted by atomic mass is 9.87. The summed E-state index contributed by atoms with van der Waals surface area (Å²) in [6.45, 7) is 7.57. The lowest BCUT2D eigenvalue weighted by molar-refractivity contribution is 0.436. The molecule has 0 N–H and O–H groups in total. The standard InChI is InChI=1S/C16H24N2/c1-5-13-6-8-14(12(2)3)15-10-17-11-18(4)16(15)9-7-13/h7-10,12-13H,5-6,11H2,1-4H3/b9-7-,14-8-. The fourth-order valence-corrected chi connectivity index (χ4v) is 2.59. The van der Waals surface area contributed by atoms with Crippen LogP contribution in [-0.2, 0) is 0 Å². The Balaban J connectivity index is 2.47. The van der Waals surface area contributed by atoms with E-state index < -0.39 is 0 Å². The number of allylic oxidation sites excluding steroid dienone is 5. The highest BCUT2D eigenvalue weighted by molar-refractivity contribution is 5.87. The minimum Gasteiger partial charge on any atom is -0.355 e. The maximum absolute atomic E-state index is 4.45. The van der Waals surface area contributed by atoms with E-state index in [9.17, 15) is 0 Å². The van der Waals surface area contributed by atoms with Gasteiger partial charge >= 0.3 is 0 Å². The van der Waals surface area contributed by atoms with Gasteiger partial charge < -0.3 is 4.90 Å². The average Bonchev–Trinajstić information content (AvgIpc) is 2.31. The molecule has 0 amide bonds. The van der Waals surface area contributed by atoms with Crippen LogP contribution in [0.2, 0.25) is 0 Å². The Morgan fingerprint density at radius 1 is 1.44 bits per heavy atom. The summed E-state index contributed by atoms with van der Waals surface area (Å²) in [6, 6.07) is 0. The zero-order valence-electron chi connectivity index (χ0n) is 12.0. The van der Waals surface area contributed by atoms with Gasteiger partial charge in [0.15, 0.2) is 0 Å². The van der Waals surface area contributed by atoms with Crippen molar-refractivity contribution < 1.29 is 0 Å². The summed E-state index contributed by atoms with van der Waals surface area (Å²) in [5.41, 5.74) is 4.08. The first-order chi connectivity index (χ1) is 8.63. The van der Waals surface area contributed by atoms with Gasteiger partial charge in [-0.1, -0.05) is 32.9 Å². The van der Waals surface area contributed by atoms with Crippen molar-refractivity contribution in [3.05, 3.63) is 35.1 Å². The molecule has 2 aliphatic rings. The molecule has 0 saturated heterocycles. The predicted octanol–water partition coefficient (Wildman–Crippen LogP) is 3.78. The van der Waals surface area contributed by atoms with Gasteiger partial charge in [-0.25, -0.2) is 0 Å². The first kappa shape index (κ1) is 13.1. The maximum Gasteiger partial charge on any atom is 0.109 e. The lowest BCUT2D eigenvalue weighted by Gasteiger charge is -2.28. The zero-order chi connectivity index (χ0) is 13.1. The molecule has 0 aromatic rings. The van der Waals surface area contributed by atoms with Crippen molar-refractivity contribution in [2.45, 2.75) is 33.6 Å². The van der Waals surface area contributed by atoms with Crippen LogP contribution in [0.25, 0.3) is 0 Å². The molecule has 2 rings (SSSR count). The van der Waals surface area contributed by atoms with Crippen molar-refractivity contribution in [2.24, 2.45) is 16.8 Å². The topological polar surface area (TPSA) is 15.6 Å². The van der Waals surface area contributed by atoms with Crippen LogP contribution in [0.15, 0.2) is 40.1 Å². The molecule has 1 aliphatic heterocycles. The second-order valence-corrected chi connectivity index (χ2v) is 5.53. The van der Waals surface area contributed by atoms with Crippen LogP contribution in [-0.4, -0.2) is 24.8 Å². The summed E-state index contributed by atoms with van der Waals surface area (Å²) in [7, 11) is 2.12. The molecule has 1 unspecified atom stereocenters. The van der Waals surface area contributed by atoms with Gasteiger partial charge in [0.25, 0.3) is 0 Å². The summed E-state index contributed by atoms with van der Waals surface area (Å²) in [5, 5.41) is 0. The molecule has 1 heterocycles. The fourth-order valence-electron chi connectivity index (χ4n) is 2.59. The molecule has 0 fully saturated rings. The van der Waals surface area contributed by atoms with Crippen LogP contribution < -0.4 is 0 Å². The summed E-state index contributed by atoms with van der Waals surface area (Å²) in [6.07, 6.45) is 11.5. The van der Waals surface area contributed by atoms with E-state index in [1.165, 1.54) is 23.3 Å². The van der Waals surface area contributed by atoms with Crippen molar-refractivity contribution in [1.82, 2.24) is 4.90 Å². The van der Waals surface area contributed by atoms with Crippen LogP contribution in [0.4, 0.5) is 0 Å². The molecule has 0 aromatic carbocycles. The minimum absolute atomic E-state index is 0.553. The highest BCUT2D eigenvalue weighted by atomic mass is 15.2. The van der Waals surface area contributed by atoms with Gasteiger partial charge in [0.05, 0.1) is 0 Å². The lowest BCUT2D eigenvalue weighted by Crippen LogP contribution is -2.24. The van der Waals surface area contributed by atoms with E-state index in [0.29, 0.717) is 11.8 Å². The molecule has 0 radical (unpaired) electrons. The van der Waals surface area contributed by atoms with Crippen molar-refractivity contribution in [3.8, 4) is 0 Å². The van der Waals surface area contributed by atoms with Crippen molar-refractivity contribution >= 4 is 6.21 Å². The van der Waals surface area contributed by atoms with E-state index >= 15 is 0 Å². The average molecular weight is 244 g/mol. The Bertz CT molecular complexity index is 424. The summed E-state index contributed by atoms with van der Waals surface area (Å²) in [5.74, 6) is 1.22. The van der Waals surface area contributed by atoms with Crippen molar-refractivity contribution in [2.75, 3.05) is 13.7 Å². The number of nitrogens with zero attached hydrogens (tertiary/aromatic N) is 2. The SMILES string of the molecule is CCC1/C=C\C2=C(C=NCN2C)C(/C(C)C)=C\C1. The first-order valence-corrected chi connectivity index (χ1v) is 6.97. The molecule has 1 atom stereocenters. The van der Waals surface area contributed by atoms with Gasteiger partial charge in [0.2, 0.25) is 0 Å². The monoisotopic (exact) mass is 244 g/mol. The Hall–Kier alpha value is -1.31. The van der Waals surface area contributed by atoms with Gasteiger partial charge in [0, 0.05) is 24.5 Å². The van der Waals surface area contributed by atoms with Crippen molar-refractivity contribution in [1.29, 1.82) is 0 Å². The molecule has 98 valence electrons. The van der Waals surface area contributed by atoms with Crippen LogP contribution in [0.3, 0.4) is 0 Å². The van der Waals surface area contributed by atoms with E-state index in [-0.39, 0.29) is 0 Å². The normalized spacial score (nSPS) is 28.6.